The summed E-state index contributed by atoms with van der Waals surface area (Å²) in [7, 11) is 0. The van der Waals surface area contributed by atoms with Crippen LogP contribution in [0.15, 0.2) is 48.5 Å². The summed E-state index contributed by atoms with van der Waals surface area (Å²) in [4.78, 5) is 0. The van der Waals surface area contributed by atoms with Crippen LogP contribution in [-0.4, -0.2) is 26.1 Å². The summed E-state index contributed by atoms with van der Waals surface area (Å²) in [5.74, 6) is 0.675. The molecule has 0 bridgehead atoms. The van der Waals surface area contributed by atoms with Gasteiger partial charge in [-0.15, -0.1) is 0 Å². The van der Waals surface area contributed by atoms with E-state index in [0.717, 1.165) is 11.1 Å². The molecule has 2 rings (SSSR count). The normalized spacial score (nSPS) is 12.7. The predicted octanol–water partition coefficient (Wildman–Crippen LogP) is 4.41. The summed E-state index contributed by atoms with van der Waals surface area (Å²) < 4.78 is 53.7. The molecule has 0 spiro atoms. The van der Waals surface area contributed by atoms with Gasteiger partial charge in [0, 0.05) is 0 Å². The number of benzene rings is 2. The third kappa shape index (κ3) is 6.95. The van der Waals surface area contributed by atoms with Gasteiger partial charge in [0.1, 0.15) is 0 Å². The second-order valence-corrected chi connectivity index (χ2v) is 14.9. The van der Waals surface area contributed by atoms with Crippen molar-refractivity contribution in [1.82, 2.24) is 0 Å². The molecule has 0 heterocycles. The topological polar surface area (TPSA) is 77.5 Å². The van der Waals surface area contributed by atoms with Crippen LogP contribution in [0.4, 0.5) is 0 Å². The van der Waals surface area contributed by atoms with Crippen LogP contribution >= 0.6 is 0 Å². The molecule has 0 saturated carbocycles. The Kier molecular flexibility index (Phi) is 7.12. The van der Waals surface area contributed by atoms with Gasteiger partial charge in [-0.2, -0.15) is 0 Å². The van der Waals surface area contributed by atoms with E-state index in [1.807, 2.05) is 52.0 Å². The van der Waals surface area contributed by atoms with Crippen molar-refractivity contribution in [2.75, 3.05) is 0 Å². The van der Waals surface area contributed by atoms with E-state index in [1.54, 1.807) is 24.3 Å². The summed E-state index contributed by atoms with van der Waals surface area (Å²) in [5, 5.41) is -0.796. The monoisotopic (exact) mass is 506 g/mol. The molecule has 0 amide bonds. The van der Waals surface area contributed by atoms with Crippen molar-refractivity contribution in [3.8, 4) is 0 Å². The second kappa shape index (κ2) is 8.76. The first-order chi connectivity index (χ1) is 12.5. The first-order valence-electron chi connectivity index (χ1n) is 8.81. The molecule has 0 radical (unpaired) electrons. The molecular formula is C20H26O5Se2. The summed E-state index contributed by atoms with van der Waals surface area (Å²) in [6.07, 6.45) is 0. The third-order valence-corrected chi connectivity index (χ3v) is 12.5. The van der Waals surface area contributed by atoms with E-state index in [1.165, 1.54) is 0 Å². The second-order valence-electron chi connectivity index (χ2n) is 7.26. The van der Waals surface area contributed by atoms with Gasteiger partial charge in [-0.05, 0) is 0 Å². The van der Waals surface area contributed by atoms with Crippen LogP contribution < -0.4 is 0 Å². The van der Waals surface area contributed by atoms with Gasteiger partial charge in [0.25, 0.3) is 0 Å². The Morgan fingerprint density at radius 2 is 0.926 bits per heavy atom. The number of rotatable bonds is 8. The summed E-state index contributed by atoms with van der Waals surface area (Å²) in [6, 6.07) is 14.2. The van der Waals surface area contributed by atoms with Crippen molar-refractivity contribution in [1.29, 1.82) is 0 Å². The summed E-state index contributed by atoms with van der Waals surface area (Å²) in [6.45, 7) is 8.18. The van der Waals surface area contributed by atoms with E-state index in [0.29, 0.717) is 23.0 Å². The summed E-state index contributed by atoms with van der Waals surface area (Å²) in [5.41, 5.74) is 3.23. The molecule has 0 N–H and O–H groups in total. The zero-order valence-corrected chi connectivity index (χ0v) is 19.5. The molecule has 7 heteroatoms. The molecule has 148 valence electrons. The average molecular weight is 504 g/mol. The Bertz CT molecular complexity index is 875. The van der Waals surface area contributed by atoms with Crippen LogP contribution in [0.3, 0.4) is 0 Å². The zero-order valence-electron chi connectivity index (χ0n) is 16.0. The van der Waals surface area contributed by atoms with Crippen molar-refractivity contribution in [2.45, 2.75) is 50.2 Å². The maximum absolute atomic E-state index is 12.3. The Morgan fingerprint density at radius 3 is 1.19 bits per heavy atom. The molecule has 0 aliphatic heterocycles. The molecular weight excluding hydrogens is 478 g/mol. The molecule has 0 aromatic heterocycles. The molecule has 0 saturated heterocycles. The fourth-order valence-corrected chi connectivity index (χ4v) is 10.5. The fraction of sp³-hybridized carbons (Fsp3) is 0.400. The minimum atomic E-state index is -5.06. The first-order valence-corrected chi connectivity index (χ1v) is 15.4. The van der Waals surface area contributed by atoms with Gasteiger partial charge in [-0.3, -0.25) is 0 Å². The Balaban J connectivity index is 2.06. The van der Waals surface area contributed by atoms with Crippen molar-refractivity contribution in [3.05, 3.63) is 70.8 Å². The van der Waals surface area contributed by atoms with Gasteiger partial charge < -0.3 is 0 Å². The maximum atomic E-state index is 12.3. The van der Waals surface area contributed by atoms with Gasteiger partial charge in [-0.25, -0.2) is 0 Å². The van der Waals surface area contributed by atoms with Crippen molar-refractivity contribution >= 4 is 26.1 Å². The van der Waals surface area contributed by atoms with Gasteiger partial charge in [0.2, 0.25) is 0 Å². The van der Waals surface area contributed by atoms with Crippen molar-refractivity contribution in [3.63, 3.8) is 0 Å². The Labute approximate surface area is 165 Å². The van der Waals surface area contributed by atoms with Crippen LogP contribution in [-0.2, 0) is 28.9 Å². The Morgan fingerprint density at radius 1 is 0.630 bits per heavy atom. The number of hydrogen-bond donors (Lipinski definition) is 0. The van der Waals surface area contributed by atoms with Gasteiger partial charge >= 0.3 is 165 Å². The van der Waals surface area contributed by atoms with Crippen LogP contribution in [0.1, 0.15) is 61.8 Å². The van der Waals surface area contributed by atoms with E-state index in [-0.39, 0.29) is 0 Å². The van der Waals surface area contributed by atoms with Crippen LogP contribution in [0.2, 0.25) is 0 Å². The molecule has 2 aromatic rings. The van der Waals surface area contributed by atoms with Crippen LogP contribution in [0.5, 0.6) is 0 Å². The van der Waals surface area contributed by atoms with Crippen molar-refractivity contribution < 1.29 is 18.2 Å². The SMILES string of the molecule is CC(C)c1ccc(C[Se](=O)(=O)O[Se](=O)(=O)Cc2ccc(C(C)C)cc2)cc1. The minimum absolute atomic E-state index is 0.338. The molecule has 0 aliphatic rings. The standard InChI is InChI=1S/C20H26O5Se2/c1-15(2)19-9-5-17(6-10-19)13-26(21,22)25-27(23,24)14-18-7-11-20(12-8-18)16(3)4/h5-12,15-16H,13-14H2,1-4H3. The molecule has 0 fully saturated rings. The Hall–Kier alpha value is -1.36. The molecule has 5 nitrogen and oxygen atoms in total. The molecule has 0 aliphatic carbocycles. The third-order valence-electron chi connectivity index (χ3n) is 4.19. The quantitative estimate of drug-likeness (QED) is 0.498. The van der Waals surface area contributed by atoms with E-state index in [2.05, 4.69) is 2.90 Å². The van der Waals surface area contributed by atoms with E-state index in [9.17, 15) is 15.3 Å². The van der Waals surface area contributed by atoms with Crippen LogP contribution in [0, 0.1) is 0 Å². The van der Waals surface area contributed by atoms with E-state index >= 15 is 0 Å². The molecule has 27 heavy (non-hydrogen) atoms. The van der Waals surface area contributed by atoms with Crippen LogP contribution in [0.25, 0.3) is 0 Å². The average Bonchev–Trinajstić information content (AvgIpc) is 2.53. The van der Waals surface area contributed by atoms with Gasteiger partial charge in [0.05, 0.1) is 0 Å². The van der Waals surface area contributed by atoms with Crippen molar-refractivity contribution in [2.24, 2.45) is 0 Å². The zero-order chi connectivity index (χ0) is 20.2. The molecule has 0 atom stereocenters. The van der Waals surface area contributed by atoms with E-state index in [4.69, 9.17) is 0 Å². The first kappa shape index (κ1) is 21.9. The predicted molar refractivity (Wildman–Crippen MR) is 104 cm³/mol. The van der Waals surface area contributed by atoms with Gasteiger partial charge in [-0.1, -0.05) is 0 Å². The number of hydrogen-bond acceptors (Lipinski definition) is 5. The fourth-order valence-electron chi connectivity index (χ4n) is 2.61. The van der Waals surface area contributed by atoms with Gasteiger partial charge in [0.15, 0.2) is 0 Å². The summed E-state index contributed by atoms with van der Waals surface area (Å²) >= 11 is -10.1. The molecule has 2 aromatic carbocycles. The molecule has 0 unspecified atom stereocenters. The van der Waals surface area contributed by atoms with E-state index < -0.39 is 36.7 Å².